The van der Waals surface area contributed by atoms with Crippen molar-refractivity contribution >= 4 is 23.3 Å². The number of amides is 2. The Hall–Kier alpha value is -1.67. The maximum Gasteiger partial charge on any atom is 0.419 e. The number of hydrogen-bond donors (Lipinski definition) is 2. The molecule has 2 N–H and O–H groups in total. The highest BCUT2D eigenvalue weighted by Gasteiger charge is 2.57. The summed E-state index contributed by atoms with van der Waals surface area (Å²) in [6.45, 7) is -1.02. The smallest absolute Gasteiger partial charge is 0.419 e. The molecule has 1 atom stereocenters. The largest absolute Gasteiger partial charge is 0.493 e. The zero-order chi connectivity index (χ0) is 16.5. The number of benzene rings is 1. The minimum absolute atomic E-state index is 0.204. The zero-order valence-corrected chi connectivity index (χ0v) is 12.3. The van der Waals surface area contributed by atoms with Crippen LogP contribution in [0.3, 0.4) is 0 Å². The molecule has 1 aromatic carbocycles. The third kappa shape index (κ3) is 3.07. The number of likely N-dealkylation sites (tertiary alicyclic amines) is 1. The molecule has 1 saturated heterocycles. The second-order valence-electron chi connectivity index (χ2n) is 4.95. The number of methoxy groups -OCH3 is 1. The number of rotatable bonds is 2. The lowest BCUT2D eigenvalue weighted by Crippen LogP contribution is -2.48. The Morgan fingerprint density at radius 3 is 2.73 bits per heavy atom. The van der Waals surface area contributed by atoms with Crippen molar-refractivity contribution in [1.29, 1.82) is 0 Å². The van der Waals surface area contributed by atoms with Crippen molar-refractivity contribution in [3.8, 4) is 5.75 Å². The molecule has 0 unspecified atom stereocenters. The number of alkyl halides is 3. The second kappa shape index (κ2) is 5.85. The summed E-state index contributed by atoms with van der Waals surface area (Å²) in [5.41, 5.74) is -2.63. The maximum atomic E-state index is 12.7. The third-order valence-electron chi connectivity index (χ3n) is 3.48. The highest BCUT2D eigenvalue weighted by Crippen LogP contribution is 2.38. The third-order valence-corrected chi connectivity index (χ3v) is 3.77. The van der Waals surface area contributed by atoms with Crippen molar-refractivity contribution in [3.05, 3.63) is 23.2 Å². The molecule has 0 aromatic heterocycles. The molecule has 0 saturated carbocycles. The monoisotopic (exact) mass is 338 g/mol. The molecular weight excluding hydrogens is 325 g/mol. The molecule has 2 amide bonds. The summed E-state index contributed by atoms with van der Waals surface area (Å²) in [5.74, 6) is 0.211. The van der Waals surface area contributed by atoms with Crippen molar-refractivity contribution in [2.75, 3.05) is 25.5 Å². The first-order valence-corrected chi connectivity index (χ1v) is 6.73. The molecule has 2 rings (SSSR count). The van der Waals surface area contributed by atoms with E-state index < -0.39 is 30.8 Å². The normalized spacial score (nSPS) is 21.8. The van der Waals surface area contributed by atoms with Crippen LogP contribution in [0.5, 0.6) is 5.75 Å². The van der Waals surface area contributed by atoms with Gasteiger partial charge in [-0.25, -0.2) is 4.79 Å². The van der Waals surface area contributed by atoms with E-state index >= 15 is 0 Å². The molecule has 122 valence electrons. The van der Waals surface area contributed by atoms with Crippen molar-refractivity contribution in [2.45, 2.75) is 18.2 Å². The molecule has 9 heteroatoms. The summed E-state index contributed by atoms with van der Waals surface area (Å²) in [4.78, 5) is 12.9. The molecule has 0 radical (unpaired) electrons. The zero-order valence-electron chi connectivity index (χ0n) is 11.6. The van der Waals surface area contributed by atoms with Crippen LogP contribution in [0, 0.1) is 0 Å². The minimum atomic E-state index is -4.78. The first-order valence-electron chi connectivity index (χ1n) is 6.35. The molecule has 1 aromatic rings. The summed E-state index contributed by atoms with van der Waals surface area (Å²) in [7, 11) is 1.36. The van der Waals surface area contributed by atoms with E-state index in [1.165, 1.54) is 13.2 Å². The van der Waals surface area contributed by atoms with E-state index in [9.17, 15) is 23.1 Å². The Morgan fingerprint density at radius 1 is 1.50 bits per heavy atom. The molecule has 1 aliphatic heterocycles. The molecule has 1 fully saturated rings. The number of nitrogens with zero attached hydrogens (tertiary/aromatic N) is 1. The lowest BCUT2D eigenvalue weighted by Gasteiger charge is -2.26. The van der Waals surface area contributed by atoms with E-state index in [2.05, 4.69) is 5.32 Å². The van der Waals surface area contributed by atoms with Gasteiger partial charge in [0.2, 0.25) is 0 Å². The number of halogens is 4. The van der Waals surface area contributed by atoms with Gasteiger partial charge in [0.05, 0.1) is 24.4 Å². The summed E-state index contributed by atoms with van der Waals surface area (Å²) < 4.78 is 43.2. The van der Waals surface area contributed by atoms with Crippen LogP contribution in [0.25, 0.3) is 0 Å². The molecule has 1 heterocycles. The van der Waals surface area contributed by atoms with Gasteiger partial charge in [-0.05, 0) is 12.1 Å². The number of hydrogen-bond acceptors (Lipinski definition) is 3. The van der Waals surface area contributed by atoms with E-state index in [1.807, 2.05) is 0 Å². The van der Waals surface area contributed by atoms with Crippen molar-refractivity contribution in [2.24, 2.45) is 0 Å². The summed E-state index contributed by atoms with van der Waals surface area (Å²) in [6.07, 6.45) is -5.34. The van der Waals surface area contributed by atoms with Crippen LogP contribution in [-0.2, 0) is 0 Å². The van der Waals surface area contributed by atoms with Gasteiger partial charge in [-0.1, -0.05) is 17.7 Å². The van der Waals surface area contributed by atoms with Crippen LogP contribution in [0.15, 0.2) is 18.2 Å². The number of β-amino-alcohol motifs (C(OH)–C–C–N with tert-alkyl or cyclic N) is 1. The van der Waals surface area contributed by atoms with Gasteiger partial charge >= 0.3 is 12.2 Å². The number of carbonyl (C=O) groups excluding carboxylic acids is 1. The van der Waals surface area contributed by atoms with E-state index in [-0.39, 0.29) is 23.0 Å². The van der Waals surface area contributed by atoms with Gasteiger partial charge < -0.3 is 20.1 Å². The van der Waals surface area contributed by atoms with Gasteiger partial charge in [-0.15, -0.1) is 0 Å². The lowest BCUT2D eigenvalue weighted by molar-refractivity contribution is -0.253. The fraction of sp³-hybridized carbons (Fsp3) is 0.462. The van der Waals surface area contributed by atoms with Gasteiger partial charge in [0.1, 0.15) is 0 Å². The highest BCUT2D eigenvalue weighted by atomic mass is 35.5. The van der Waals surface area contributed by atoms with Gasteiger partial charge in [0, 0.05) is 13.0 Å². The first-order chi connectivity index (χ1) is 10.2. The average molecular weight is 339 g/mol. The number of anilines is 1. The highest BCUT2D eigenvalue weighted by molar-refractivity contribution is 6.32. The van der Waals surface area contributed by atoms with Gasteiger partial charge in [-0.2, -0.15) is 13.2 Å². The van der Waals surface area contributed by atoms with Gasteiger partial charge in [0.15, 0.2) is 11.4 Å². The predicted octanol–water partition coefficient (Wildman–Crippen LogP) is 2.88. The van der Waals surface area contributed by atoms with Crippen LogP contribution in [-0.4, -0.2) is 48.0 Å². The first kappa shape index (κ1) is 16.7. The molecule has 5 nitrogen and oxygen atoms in total. The molecule has 22 heavy (non-hydrogen) atoms. The maximum absolute atomic E-state index is 12.7. The Kier molecular flexibility index (Phi) is 4.44. The van der Waals surface area contributed by atoms with Gasteiger partial charge in [-0.3, -0.25) is 0 Å². The Labute approximate surface area is 129 Å². The van der Waals surface area contributed by atoms with Crippen molar-refractivity contribution in [3.63, 3.8) is 0 Å². The van der Waals surface area contributed by atoms with E-state index in [1.54, 1.807) is 12.1 Å². The molecule has 0 bridgehead atoms. The Balaban J connectivity index is 2.11. The number of aliphatic hydroxyl groups is 1. The standard InChI is InChI=1S/C13H14ClF3N2O3/c1-22-10-8(14)3-2-4-9(10)18-11(20)19-6-5-12(21,7-19)13(15,16)17/h2-4,21H,5-7H2,1H3,(H,18,20)/t12-/m1/s1. The Bertz CT molecular complexity index is 582. The molecule has 0 aliphatic carbocycles. The fourth-order valence-corrected chi connectivity index (χ4v) is 2.46. The second-order valence-corrected chi connectivity index (χ2v) is 5.36. The number of nitrogens with one attached hydrogen (secondary N) is 1. The molecular formula is C13H14ClF3N2O3. The average Bonchev–Trinajstić information content (AvgIpc) is 2.83. The topological polar surface area (TPSA) is 61.8 Å². The predicted molar refractivity (Wildman–Crippen MR) is 74.2 cm³/mol. The summed E-state index contributed by atoms with van der Waals surface area (Å²) in [5, 5.41) is 12.3. The number of ether oxygens (including phenoxy) is 1. The van der Waals surface area contributed by atoms with Crippen LogP contribution in [0.1, 0.15) is 6.42 Å². The van der Waals surface area contributed by atoms with E-state index in [4.69, 9.17) is 16.3 Å². The summed E-state index contributed by atoms with van der Waals surface area (Å²) >= 11 is 5.90. The van der Waals surface area contributed by atoms with Crippen LogP contribution in [0.4, 0.5) is 23.7 Å². The lowest BCUT2D eigenvalue weighted by atomic mass is 10.0. The van der Waals surface area contributed by atoms with Crippen molar-refractivity contribution in [1.82, 2.24) is 4.90 Å². The summed E-state index contributed by atoms with van der Waals surface area (Å²) in [6, 6.07) is 3.86. The molecule has 0 spiro atoms. The van der Waals surface area contributed by atoms with Crippen molar-refractivity contribution < 1.29 is 27.8 Å². The van der Waals surface area contributed by atoms with E-state index in [0.717, 1.165) is 4.90 Å². The van der Waals surface area contributed by atoms with E-state index in [0.29, 0.717) is 0 Å². The van der Waals surface area contributed by atoms with Crippen LogP contribution < -0.4 is 10.1 Å². The number of urea groups is 1. The Morgan fingerprint density at radius 2 is 2.18 bits per heavy atom. The number of para-hydroxylation sites is 1. The van der Waals surface area contributed by atoms with Crippen LogP contribution >= 0.6 is 11.6 Å². The minimum Gasteiger partial charge on any atom is -0.493 e. The molecule has 1 aliphatic rings. The van der Waals surface area contributed by atoms with Gasteiger partial charge in [0.25, 0.3) is 0 Å². The number of carbonyl (C=O) groups is 1. The fourth-order valence-electron chi connectivity index (χ4n) is 2.21. The quantitative estimate of drug-likeness (QED) is 0.871. The van der Waals surface area contributed by atoms with Crippen LogP contribution in [0.2, 0.25) is 5.02 Å². The SMILES string of the molecule is COc1c(Cl)cccc1NC(=O)N1CC[C@](O)(C(F)(F)F)C1.